The van der Waals surface area contributed by atoms with Gasteiger partial charge in [-0.1, -0.05) is 17.6 Å². The Labute approximate surface area is 113 Å². The highest BCUT2D eigenvalue weighted by molar-refractivity contribution is 7.92. The van der Waals surface area contributed by atoms with Gasteiger partial charge in [0.1, 0.15) is 13.7 Å². The van der Waals surface area contributed by atoms with Crippen LogP contribution in [0.3, 0.4) is 0 Å². The molecule has 0 aliphatic carbocycles. The minimum Gasteiger partial charge on any atom is -0.269 e. The molecule has 19 heavy (non-hydrogen) atoms. The zero-order valence-corrected chi connectivity index (χ0v) is 11.1. The van der Waals surface area contributed by atoms with E-state index in [9.17, 15) is 12.8 Å². The fourth-order valence-corrected chi connectivity index (χ4v) is 2.78. The predicted molar refractivity (Wildman–Crippen MR) is 73.8 cm³/mol. The van der Waals surface area contributed by atoms with Gasteiger partial charge in [0.05, 0.1) is 10.6 Å². The number of rotatable bonds is 3. The standard InChI is InChI=1S/C13H11BFNO2S/c1-16(12-6-4-11(15)5-7-12)19(17,18)13-8-2-10(14)3-9-13/h2-9H,1H3. The molecule has 0 heterocycles. The van der Waals surface area contributed by atoms with Crippen molar-refractivity contribution < 1.29 is 12.8 Å². The van der Waals surface area contributed by atoms with Crippen molar-refractivity contribution in [3.8, 4) is 0 Å². The molecule has 96 valence electrons. The van der Waals surface area contributed by atoms with Gasteiger partial charge in [-0.3, -0.25) is 4.31 Å². The van der Waals surface area contributed by atoms with Crippen LogP contribution in [-0.4, -0.2) is 23.3 Å². The molecule has 0 saturated heterocycles. The van der Waals surface area contributed by atoms with Gasteiger partial charge in [-0.25, -0.2) is 12.8 Å². The van der Waals surface area contributed by atoms with Gasteiger partial charge in [0.25, 0.3) is 10.0 Å². The average molecular weight is 275 g/mol. The summed E-state index contributed by atoms with van der Waals surface area (Å²) in [4.78, 5) is 0.133. The molecule has 3 nitrogen and oxygen atoms in total. The molecule has 0 aromatic heterocycles. The summed E-state index contributed by atoms with van der Waals surface area (Å²) >= 11 is 0. The van der Waals surface area contributed by atoms with Crippen LogP contribution in [-0.2, 0) is 10.0 Å². The number of hydrogen-bond donors (Lipinski definition) is 0. The summed E-state index contributed by atoms with van der Waals surface area (Å²) in [6, 6.07) is 11.1. The summed E-state index contributed by atoms with van der Waals surface area (Å²) in [6.45, 7) is 0. The average Bonchev–Trinajstić information content (AvgIpc) is 2.39. The largest absolute Gasteiger partial charge is 0.269 e. The van der Waals surface area contributed by atoms with E-state index < -0.39 is 15.8 Å². The van der Waals surface area contributed by atoms with E-state index in [0.29, 0.717) is 11.2 Å². The van der Waals surface area contributed by atoms with Crippen LogP contribution in [0.25, 0.3) is 0 Å². The van der Waals surface area contributed by atoms with Gasteiger partial charge in [0.15, 0.2) is 0 Å². The second kappa shape index (κ2) is 5.05. The molecule has 0 spiro atoms. The van der Waals surface area contributed by atoms with Crippen molar-refractivity contribution in [1.29, 1.82) is 0 Å². The van der Waals surface area contributed by atoms with Crippen molar-refractivity contribution in [2.45, 2.75) is 4.90 Å². The highest BCUT2D eigenvalue weighted by Crippen LogP contribution is 2.21. The molecule has 6 heteroatoms. The SMILES string of the molecule is [B]c1ccc(S(=O)(=O)N(C)c2ccc(F)cc2)cc1. The van der Waals surface area contributed by atoms with Crippen molar-refractivity contribution in [3.05, 3.63) is 54.3 Å². The van der Waals surface area contributed by atoms with Gasteiger partial charge in [-0.2, -0.15) is 0 Å². The highest BCUT2D eigenvalue weighted by Gasteiger charge is 2.20. The number of halogens is 1. The van der Waals surface area contributed by atoms with Crippen LogP contribution in [0.4, 0.5) is 10.1 Å². The predicted octanol–water partition coefficient (Wildman–Crippen LogP) is 1.44. The topological polar surface area (TPSA) is 37.4 Å². The second-order valence-electron chi connectivity index (χ2n) is 4.02. The number of sulfonamides is 1. The quantitative estimate of drug-likeness (QED) is 0.795. The monoisotopic (exact) mass is 275 g/mol. The van der Waals surface area contributed by atoms with E-state index in [1.54, 1.807) is 0 Å². The Hall–Kier alpha value is -1.82. The molecular formula is C13H11BFNO2S. The van der Waals surface area contributed by atoms with E-state index in [2.05, 4.69) is 0 Å². The first-order valence-corrected chi connectivity index (χ1v) is 6.95. The van der Waals surface area contributed by atoms with E-state index in [1.165, 1.54) is 55.6 Å². The van der Waals surface area contributed by atoms with Crippen molar-refractivity contribution in [2.24, 2.45) is 0 Å². The van der Waals surface area contributed by atoms with Crippen LogP contribution in [0.2, 0.25) is 0 Å². The normalized spacial score (nSPS) is 11.3. The van der Waals surface area contributed by atoms with Crippen LogP contribution in [0, 0.1) is 5.82 Å². The zero-order chi connectivity index (χ0) is 14.0. The van der Waals surface area contributed by atoms with E-state index in [1.807, 2.05) is 0 Å². The summed E-state index contributed by atoms with van der Waals surface area (Å²) in [7, 11) is 3.27. The molecule has 0 bridgehead atoms. The van der Waals surface area contributed by atoms with Crippen LogP contribution >= 0.6 is 0 Å². The Bertz CT molecular complexity index is 669. The molecule has 0 unspecified atom stereocenters. The molecule has 0 N–H and O–H groups in total. The first kappa shape index (κ1) is 13.6. The van der Waals surface area contributed by atoms with E-state index in [4.69, 9.17) is 7.85 Å². The molecule has 0 amide bonds. The molecule has 0 aliphatic rings. The van der Waals surface area contributed by atoms with Gasteiger partial charge < -0.3 is 0 Å². The molecule has 2 rings (SSSR count). The lowest BCUT2D eigenvalue weighted by Crippen LogP contribution is -2.26. The zero-order valence-electron chi connectivity index (χ0n) is 10.2. The molecule has 0 aliphatic heterocycles. The van der Waals surface area contributed by atoms with Gasteiger partial charge >= 0.3 is 0 Å². The Kier molecular flexibility index (Phi) is 3.62. The summed E-state index contributed by atoms with van der Waals surface area (Å²) in [5, 5.41) is 0. The smallest absolute Gasteiger partial charge is 0.264 e. The lowest BCUT2D eigenvalue weighted by Gasteiger charge is -2.19. The maximum Gasteiger partial charge on any atom is 0.264 e. The van der Waals surface area contributed by atoms with E-state index in [-0.39, 0.29) is 4.90 Å². The fraction of sp³-hybridized carbons (Fsp3) is 0.0769. The Balaban J connectivity index is 2.39. The summed E-state index contributed by atoms with van der Waals surface area (Å²) in [5.41, 5.74) is 0.876. The van der Waals surface area contributed by atoms with Crippen molar-refractivity contribution in [1.82, 2.24) is 0 Å². The molecule has 2 aromatic carbocycles. The Morgan fingerprint density at radius 2 is 1.53 bits per heavy atom. The molecule has 0 saturated carbocycles. The van der Waals surface area contributed by atoms with Crippen molar-refractivity contribution >= 4 is 29.0 Å². The van der Waals surface area contributed by atoms with Crippen LogP contribution < -0.4 is 9.77 Å². The minimum absolute atomic E-state index is 0.133. The van der Waals surface area contributed by atoms with E-state index in [0.717, 1.165) is 4.31 Å². The maximum absolute atomic E-state index is 12.8. The van der Waals surface area contributed by atoms with Gasteiger partial charge in [-0.05, 0) is 36.4 Å². The number of hydrogen-bond acceptors (Lipinski definition) is 2. The molecular weight excluding hydrogens is 264 g/mol. The van der Waals surface area contributed by atoms with Gasteiger partial charge in [-0.15, -0.1) is 0 Å². The maximum atomic E-state index is 12.8. The fourth-order valence-electron chi connectivity index (χ4n) is 1.59. The van der Waals surface area contributed by atoms with Crippen LogP contribution in [0.5, 0.6) is 0 Å². The minimum atomic E-state index is -3.67. The third kappa shape index (κ3) is 2.79. The van der Waals surface area contributed by atoms with Crippen molar-refractivity contribution in [3.63, 3.8) is 0 Å². The Morgan fingerprint density at radius 3 is 2.05 bits per heavy atom. The van der Waals surface area contributed by atoms with Gasteiger partial charge in [0.2, 0.25) is 0 Å². The van der Waals surface area contributed by atoms with Crippen LogP contribution in [0.1, 0.15) is 0 Å². The van der Waals surface area contributed by atoms with Crippen molar-refractivity contribution in [2.75, 3.05) is 11.4 Å². The Morgan fingerprint density at radius 1 is 1.00 bits per heavy atom. The number of benzene rings is 2. The highest BCUT2D eigenvalue weighted by atomic mass is 32.2. The summed E-state index contributed by atoms with van der Waals surface area (Å²) in [6.07, 6.45) is 0. The molecule has 2 radical (unpaired) electrons. The third-order valence-corrected chi connectivity index (χ3v) is 4.53. The lowest BCUT2D eigenvalue weighted by atomic mass is 9.97. The summed E-state index contributed by atoms with van der Waals surface area (Å²) in [5.74, 6) is -0.415. The lowest BCUT2D eigenvalue weighted by molar-refractivity contribution is 0.594. The first-order valence-electron chi connectivity index (χ1n) is 5.51. The number of anilines is 1. The van der Waals surface area contributed by atoms with Crippen LogP contribution in [0.15, 0.2) is 53.4 Å². The number of nitrogens with zero attached hydrogens (tertiary/aromatic N) is 1. The second-order valence-corrected chi connectivity index (χ2v) is 5.99. The third-order valence-electron chi connectivity index (χ3n) is 2.73. The summed E-state index contributed by atoms with van der Waals surface area (Å²) < 4.78 is 38.6. The first-order chi connectivity index (χ1) is 8.91. The van der Waals surface area contributed by atoms with E-state index >= 15 is 0 Å². The molecule has 0 fully saturated rings. The van der Waals surface area contributed by atoms with Gasteiger partial charge in [0, 0.05) is 7.05 Å². The molecule has 0 atom stereocenters. The molecule has 2 aromatic rings.